The van der Waals surface area contributed by atoms with Crippen molar-refractivity contribution >= 4 is 22.9 Å². The van der Waals surface area contributed by atoms with Gasteiger partial charge in [-0.15, -0.1) is 24.5 Å². The molecule has 140 valence electrons. The SMILES string of the molecule is O=C(CN1CCCc2cc(OC(F)(F)F)ccc21)NCCc1cccs1. The fourth-order valence-corrected chi connectivity index (χ4v) is 3.73. The number of nitrogens with zero attached hydrogens (tertiary/aromatic N) is 1. The van der Waals surface area contributed by atoms with Crippen molar-refractivity contribution in [3.63, 3.8) is 0 Å². The molecular weight excluding hydrogens is 365 g/mol. The maximum absolute atomic E-state index is 12.4. The second-order valence-corrected chi connectivity index (χ2v) is 7.07. The molecule has 0 aliphatic carbocycles. The Morgan fingerprint density at radius 1 is 1.31 bits per heavy atom. The lowest BCUT2D eigenvalue weighted by molar-refractivity contribution is -0.274. The Balaban J connectivity index is 1.57. The number of carbonyl (C=O) groups excluding carboxylic acids is 1. The molecule has 0 unspecified atom stereocenters. The van der Waals surface area contributed by atoms with Gasteiger partial charge in [-0.1, -0.05) is 6.07 Å². The zero-order chi connectivity index (χ0) is 18.6. The maximum Gasteiger partial charge on any atom is 0.573 e. The van der Waals surface area contributed by atoms with Crippen LogP contribution in [0.5, 0.6) is 5.75 Å². The number of fused-ring (bicyclic) bond motifs is 1. The average Bonchev–Trinajstić information content (AvgIpc) is 3.07. The highest BCUT2D eigenvalue weighted by Gasteiger charge is 2.31. The predicted molar refractivity (Wildman–Crippen MR) is 94.7 cm³/mol. The Hall–Kier alpha value is -2.22. The second-order valence-electron chi connectivity index (χ2n) is 6.04. The summed E-state index contributed by atoms with van der Waals surface area (Å²) in [4.78, 5) is 15.3. The number of hydrogen-bond acceptors (Lipinski definition) is 4. The van der Waals surface area contributed by atoms with Crippen LogP contribution in [0.3, 0.4) is 0 Å². The van der Waals surface area contributed by atoms with Crippen LogP contribution in [0, 0.1) is 0 Å². The summed E-state index contributed by atoms with van der Waals surface area (Å²) in [5.41, 5.74) is 1.56. The van der Waals surface area contributed by atoms with E-state index >= 15 is 0 Å². The number of anilines is 1. The number of amides is 1. The topological polar surface area (TPSA) is 41.6 Å². The van der Waals surface area contributed by atoms with E-state index in [1.165, 1.54) is 17.0 Å². The van der Waals surface area contributed by atoms with E-state index in [0.717, 1.165) is 24.1 Å². The zero-order valence-corrected chi connectivity index (χ0v) is 14.8. The molecule has 2 heterocycles. The highest BCUT2D eigenvalue weighted by atomic mass is 32.1. The minimum absolute atomic E-state index is 0.0926. The van der Waals surface area contributed by atoms with E-state index in [0.29, 0.717) is 19.5 Å². The first-order valence-electron chi connectivity index (χ1n) is 8.33. The summed E-state index contributed by atoms with van der Waals surface area (Å²) in [6, 6.07) is 8.29. The van der Waals surface area contributed by atoms with Crippen molar-refractivity contribution in [1.29, 1.82) is 0 Å². The minimum atomic E-state index is -4.70. The molecule has 0 saturated carbocycles. The first kappa shape index (κ1) is 18.6. The molecule has 1 amide bonds. The van der Waals surface area contributed by atoms with Crippen molar-refractivity contribution in [3.05, 3.63) is 46.2 Å². The lowest BCUT2D eigenvalue weighted by atomic mass is 10.0. The third-order valence-electron chi connectivity index (χ3n) is 4.11. The lowest BCUT2D eigenvalue weighted by Crippen LogP contribution is -2.40. The van der Waals surface area contributed by atoms with Gasteiger partial charge in [0.2, 0.25) is 5.91 Å². The number of carbonyl (C=O) groups is 1. The molecule has 0 bridgehead atoms. The van der Waals surface area contributed by atoms with Crippen molar-refractivity contribution in [2.24, 2.45) is 0 Å². The minimum Gasteiger partial charge on any atom is -0.406 e. The molecule has 1 aromatic heterocycles. The Kier molecular flexibility index (Phi) is 5.70. The summed E-state index contributed by atoms with van der Waals surface area (Å²) in [6.07, 6.45) is -2.46. The van der Waals surface area contributed by atoms with Gasteiger partial charge < -0.3 is 15.0 Å². The van der Waals surface area contributed by atoms with Crippen molar-refractivity contribution in [2.45, 2.75) is 25.6 Å². The largest absolute Gasteiger partial charge is 0.573 e. The van der Waals surface area contributed by atoms with Gasteiger partial charge in [-0.3, -0.25) is 4.79 Å². The highest BCUT2D eigenvalue weighted by Crippen LogP contribution is 2.32. The van der Waals surface area contributed by atoms with E-state index in [2.05, 4.69) is 10.1 Å². The molecule has 0 saturated heterocycles. The van der Waals surface area contributed by atoms with Gasteiger partial charge in [-0.05, 0) is 54.5 Å². The molecule has 26 heavy (non-hydrogen) atoms. The van der Waals surface area contributed by atoms with Crippen LogP contribution in [0.15, 0.2) is 35.7 Å². The zero-order valence-electron chi connectivity index (χ0n) is 14.0. The van der Waals surface area contributed by atoms with E-state index < -0.39 is 6.36 Å². The van der Waals surface area contributed by atoms with Gasteiger partial charge >= 0.3 is 6.36 Å². The standard InChI is InChI=1S/C18H19F3N2O2S/c19-18(20,21)25-14-5-6-16-13(11-14)3-1-9-23(16)12-17(24)22-8-7-15-4-2-10-26-15/h2,4-6,10-11H,1,3,7-9,12H2,(H,22,24). The number of nitrogens with one attached hydrogen (secondary N) is 1. The van der Waals surface area contributed by atoms with Gasteiger partial charge in [0.1, 0.15) is 5.75 Å². The number of hydrogen-bond donors (Lipinski definition) is 1. The molecule has 4 nitrogen and oxygen atoms in total. The molecule has 0 radical (unpaired) electrons. The van der Waals surface area contributed by atoms with Crippen LogP contribution in [0.4, 0.5) is 18.9 Å². The normalized spacial score (nSPS) is 14.0. The van der Waals surface area contributed by atoms with Crippen molar-refractivity contribution in [3.8, 4) is 5.75 Å². The van der Waals surface area contributed by atoms with Crippen LogP contribution in [-0.2, 0) is 17.6 Å². The first-order chi connectivity index (χ1) is 12.4. The van der Waals surface area contributed by atoms with E-state index in [9.17, 15) is 18.0 Å². The van der Waals surface area contributed by atoms with Gasteiger partial charge in [0.25, 0.3) is 0 Å². The molecular formula is C18H19F3N2O2S. The summed E-state index contributed by atoms with van der Waals surface area (Å²) in [5, 5.41) is 4.89. The van der Waals surface area contributed by atoms with Gasteiger partial charge in [0.15, 0.2) is 0 Å². The molecule has 3 rings (SSSR count). The van der Waals surface area contributed by atoms with Gasteiger partial charge in [-0.2, -0.15) is 0 Å². The molecule has 0 atom stereocenters. The van der Waals surface area contributed by atoms with E-state index in [-0.39, 0.29) is 18.2 Å². The molecule has 2 aromatic rings. The highest BCUT2D eigenvalue weighted by molar-refractivity contribution is 7.09. The smallest absolute Gasteiger partial charge is 0.406 e. The lowest BCUT2D eigenvalue weighted by Gasteiger charge is -2.31. The van der Waals surface area contributed by atoms with Crippen molar-refractivity contribution in [1.82, 2.24) is 5.32 Å². The number of alkyl halides is 3. The van der Waals surface area contributed by atoms with Crippen LogP contribution >= 0.6 is 11.3 Å². The molecule has 1 N–H and O–H groups in total. The number of thiophene rings is 1. The summed E-state index contributed by atoms with van der Waals surface area (Å²) < 4.78 is 41.0. The van der Waals surface area contributed by atoms with Crippen LogP contribution in [0.1, 0.15) is 16.9 Å². The number of halogens is 3. The van der Waals surface area contributed by atoms with E-state index in [4.69, 9.17) is 0 Å². The van der Waals surface area contributed by atoms with Crippen molar-refractivity contribution < 1.29 is 22.7 Å². The summed E-state index contributed by atoms with van der Waals surface area (Å²) >= 11 is 1.65. The fraction of sp³-hybridized carbons (Fsp3) is 0.389. The quantitative estimate of drug-likeness (QED) is 0.825. The molecule has 0 fully saturated rings. The van der Waals surface area contributed by atoms with Crippen LogP contribution in [0.2, 0.25) is 0 Å². The third-order valence-corrected chi connectivity index (χ3v) is 5.04. The maximum atomic E-state index is 12.4. The van der Waals surface area contributed by atoms with E-state index in [1.807, 2.05) is 22.4 Å². The van der Waals surface area contributed by atoms with Gasteiger partial charge in [0, 0.05) is 23.7 Å². The van der Waals surface area contributed by atoms with Gasteiger partial charge in [-0.25, -0.2) is 0 Å². The van der Waals surface area contributed by atoms with Crippen molar-refractivity contribution in [2.75, 3.05) is 24.5 Å². The summed E-state index contributed by atoms with van der Waals surface area (Å²) in [7, 11) is 0. The molecule has 1 aliphatic rings. The molecule has 1 aromatic carbocycles. The van der Waals surface area contributed by atoms with Crippen LogP contribution in [0.25, 0.3) is 0 Å². The first-order valence-corrected chi connectivity index (χ1v) is 9.21. The second kappa shape index (κ2) is 7.99. The molecule has 8 heteroatoms. The summed E-state index contributed by atoms with van der Waals surface area (Å²) in [6.45, 7) is 1.46. The third kappa shape index (κ3) is 5.14. The fourth-order valence-electron chi connectivity index (χ4n) is 3.02. The Bertz CT molecular complexity index is 747. The van der Waals surface area contributed by atoms with Gasteiger partial charge in [0.05, 0.1) is 6.54 Å². The van der Waals surface area contributed by atoms with Crippen LogP contribution in [-0.4, -0.2) is 31.9 Å². The van der Waals surface area contributed by atoms with Crippen LogP contribution < -0.4 is 15.0 Å². The predicted octanol–water partition coefficient (Wildman–Crippen LogP) is 3.76. The molecule has 1 aliphatic heterocycles. The molecule has 0 spiro atoms. The Morgan fingerprint density at radius 2 is 2.15 bits per heavy atom. The monoisotopic (exact) mass is 384 g/mol. The van der Waals surface area contributed by atoms with E-state index in [1.54, 1.807) is 17.4 Å². The number of ether oxygens (including phenoxy) is 1. The number of aryl methyl sites for hydroxylation is 1. The summed E-state index contributed by atoms with van der Waals surface area (Å²) in [5.74, 6) is -0.316. The Labute approximate surface area is 153 Å². The Morgan fingerprint density at radius 3 is 2.88 bits per heavy atom. The number of benzene rings is 1. The number of rotatable bonds is 6. The average molecular weight is 384 g/mol.